The number of hydrogen-bond acceptors (Lipinski definition) is 11. The Kier molecular flexibility index (Phi) is 12.1. The molecule has 0 bridgehead atoms. The van der Waals surface area contributed by atoms with Crippen molar-refractivity contribution in [2.24, 2.45) is 4.99 Å². The van der Waals surface area contributed by atoms with E-state index in [-0.39, 0.29) is 71.3 Å². The number of anilines is 2. The number of ether oxygens (including phenoxy) is 4. The average Bonchev–Trinajstić information content (AvgIpc) is 3.71. The molecule has 2 fully saturated rings. The summed E-state index contributed by atoms with van der Waals surface area (Å²) >= 11 is 7.15. The summed E-state index contributed by atoms with van der Waals surface area (Å²) in [5.74, 6) is 0.295. The molecular formula is C46H50ClF4N7O4. The van der Waals surface area contributed by atoms with Crippen LogP contribution in [0.2, 0.25) is 5.02 Å². The van der Waals surface area contributed by atoms with Gasteiger partial charge in [-0.2, -0.15) is 13.2 Å². The van der Waals surface area contributed by atoms with Crippen LogP contribution in [-0.2, 0) is 24.0 Å². The molecule has 4 aromatic rings. The van der Waals surface area contributed by atoms with Crippen LogP contribution in [0.25, 0.3) is 11.3 Å². The molecule has 8 rings (SSSR count). The van der Waals surface area contributed by atoms with Crippen LogP contribution in [0, 0.1) is 12.7 Å². The second kappa shape index (κ2) is 17.3. The van der Waals surface area contributed by atoms with E-state index in [4.69, 9.17) is 40.5 Å². The highest BCUT2D eigenvalue weighted by atomic mass is 35.5. The molecule has 0 spiro atoms. The van der Waals surface area contributed by atoms with Crippen LogP contribution in [0.15, 0.2) is 83.9 Å². The average molecular weight is 876 g/mol. The number of likely N-dealkylation sites (N-methyl/N-ethyl adjacent to an activating group) is 1. The van der Waals surface area contributed by atoms with Crippen molar-refractivity contribution >= 4 is 28.9 Å². The molecule has 62 heavy (non-hydrogen) atoms. The number of aryl methyl sites for hydroxylation is 1. The number of aliphatic imine (C=N–C) groups is 1. The van der Waals surface area contributed by atoms with Crippen molar-refractivity contribution in [1.82, 2.24) is 19.7 Å². The van der Waals surface area contributed by atoms with Gasteiger partial charge in [0.15, 0.2) is 11.6 Å². The number of amidine groups is 1. The minimum Gasteiger partial charge on any atom is -0.497 e. The standard InChI is InChI=1S/C46H50ClF4N7O4/c1-28-21-45(16-7-17-58(45)22-28)26-61-35-25-56(19-18-55(3)4)44-37-42(52-27-53-44)39(47)36(40(48)43(37)62-35)41-38(46(49,50)51)29(2)20-34(54-41)57(23-30-8-12-32(59-5)13-9-30)24-31-10-14-33(60-6)15-11-31/h8-15,20,25,52H,1,7,16-19,21-24,26-27H2,2-6H3/t45-/m0/s1. The van der Waals surface area contributed by atoms with Gasteiger partial charge in [-0.25, -0.2) is 14.4 Å². The molecule has 2 saturated heterocycles. The van der Waals surface area contributed by atoms with E-state index in [1.165, 1.54) is 13.0 Å². The first-order valence-corrected chi connectivity index (χ1v) is 20.8. The second-order valence-electron chi connectivity index (χ2n) is 16.5. The molecule has 11 nitrogen and oxygen atoms in total. The number of hydrogen-bond donors (Lipinski definition) is 1. The summed E-state index contributed by atoms with van der Waals surface area (Å²) < 4.78 is 87.5. The van der Waals surface area contributed by atoms with Crippen LogP contribution in [0.1, 0.15) is 47.1 Å². The van der Waals surface area contributed by atoms with Crippen LogP contribution in [0.4, 0.5) is 29.1 Å². The van der Waals surface area contributed by atoms with Crippen LogP contribution < -0.4 is 24.4 Å². The van der Waals surface area contributed by atoms with Crippen LogP contribution in [0.5, 0.6) is 17.2 Å². The van der Waals surface area contributed by atoms with Gasteiger partial charge in [0.25, 0.3) is 0 Å². The number of rotatable bonds is 14. The Balaban J connectivity index is 1.27. The number of pyridine rings is 1. The van der Waals surface area contributed by atoms with Gasteiger partial charge in [-0.15, -0.1) is 0 Å². The second-order valence-corrected chi connectivity index (χ2v) is 16.9. The molecule has 0 saturated carbocycles. The van der Waals surface area contributed by atoms with Gasteiger partial charge < -0.3 is 39.0 Å². The number of methoxy groups -OCH3 is 2. The quantitative estimate of drug-likeness (QED) is 0.0979. The predicted molar refractivity (Wildman–Crippen MR) is 232 cm³/mol. The molecule has 0 amide bonds. The number of nitrogens with zero attached hydrogens (tertiary/aromatic N) is 6. The minimum absolute atomic E-state index is 0.0192. The smallest absolute Gasteiger partial charge is 0.418 e. The Labute approximate surface area is 364 Å². The third-order valence-corrected chi connectivity index (χ3v) is 12.3. The number of fused-ring (bicyclic) bond motifs is 1. The summed E-state index contributed by atoms with van der Waals surface area (Å²) in [4.78, 5) is 17.4. The lowest BCUT2D eigenvalue weighted by Crippen LogP contribution is -2.42. The maximum absolute atomic E-state index is 17.8. The molecule has 0 radical (unpaired) electrons. The molecular weight excluding hydrogens is 826 g/mol. The Hall–Kier alpha value is -5.51. The summed E-state index contributed by atoms with van der Waals surface area (Å²) in [6.07, 6.45) is -0.653. The van der Waals surface area contributed by atoms with Gasteiger partial charge in [-0.1, -0.05) is 48.0 Å². The van der Waals surface area contributed by atoms with Gasteiger partial charge in [0, 0.05) is 32.7 Å². The molecule has 0 aliphatic carbocycles. The topological polar surface area (TPSA) is 87.2 Å². The monoisotopic (exact) mass is 875 g/mol. The maximum atomic E-state index is 17.8. The van der Waals surface area contributed by atoms with E-state index in [2.05, 4.69) is 16.8 Å². The minimum atomic E-state index is -4.95. The van der Waals surface area contributed by atoms with Gasteiger partial charge >= 0.3 is 12.1 Å². The van der Waals surface area contributed by atoms with Gasteiger partial charge in [0.05, 0.1) is 59.1 Å². The van der Waals surface area contributed by atoms with E-state index in [0.29, 0.717) is 30.4 Å². The van der Waals surface area contributed by atoms with Crippen LogP contribution >= 0.6 is 11.6 Å². The van der Waals surface area contributed by atoms with Crippen molar-refractivity contribution in [2.75, 3.05) is 78.0 Å². The van der Waals surface area contributed by atoms with Gasteiger partial charge in [0.1, 0.15) is 36.4 Å². The highest BCUT2D eigenvalue weighted by Gasteiger charge is 2.47. The fourth-order valence-electron chi connectivity index (χ4n) is 8.85. The number of aromatic nitrogens is 1. The van der Waals surface area contributed by atoms with E-state index >= 15 is 17.6 Å². The van der Waals surface area contributed by atoms with E-state index in [0.717, 1.165) is 49.1 Å². The van der Waals surface area contributed by atoms with Gasteiger partial charge in [-0.3, -0.25) is 4.90 Å². The molecule has 4 aliphatic heterocycles. The SMILES string of the molecule is C=C1CN2CCC[C@@]2(COC2=CN(CCN(C)C)C3=NCNc4c(Cl)c(-c5nc(N(Cc6ccc(OC)cc6)Cc6ccc(OC)cc6)cc(C)c5C(F)(F)F)c(F)c(c43)O2)C1. The van der Waals surface area contributed by atoms with Crippen molar-refractivity contribution < 1.29 is 36.5 Å². The van der Waals surface area contributed by atoms with Crippen molar-refractivity contribution in [3.05, 3.63) is 118 Å². The lowest BCUT2D eigenvalue weighted by atomic mass is 9.94. The summed E-state index contributed by atoms with van der Waals surface area (Å²) in [6.45, 7) is 9.00. The van der Waals surface area contributed by atoms with Crippen LogP contribution in [0.3, 0.4) is 0 Å². The number of benzene rings is 3. The molecule has 1 atom stereocenters. The molecule has 328 valence electrons. The highest BCUT2D eigenvalue weighted by molar-refractivity contribution is 6.37. The van der Waals surface area contributed by atoms with E-state index in [9.17, 15) is 0 Å². The Morgan fingerprint density at radius 3 is 2.27 bits per heavy atom. The maximum Gasteiger partial charge on any atom is 0.418 e. The number of alkyl halides is 3. The molecule has 4 aliphatic rings. The number of nitrogens with one attached hydrogen (secondary N) is 1. The predicted octanol–water partition coefficient (Wildman–Crippen LogP) is 9.09. The molecule has 0 unspecified atom stereocenters. The van der Waals surface area contributed by atoms with Crippen LogP contribution in [-0.4, -0.2) is 98.8 Å². The zero-order valence-electron chi connectivity index (χ0n) is 35.5. The zero-order valence-corrected chi connectivity index (χ0v) is 36.2. The largest absolute Gasteiger partial charge is 0.497 e. The normalized spacial score (nSPS) is 18.4. The third kappa shape index (κ3) is 8.49. The lowest BCUT2D eigenvalue weighted by Gasteiger charge is -2.31. The van der Waals surface area contributed by atoms with Crippen molar-refractivity contribution in [1.29, 1.82) is 0 Å². The molecule has 16 heteroatoms. The summed E-state index contributed by atoms with van der Waals surface area (Å²) in [7, 11) is 6.99. The van der Waals surface area contributed by atoms with Crippen molar-refractivity contribution in [3.63, 3.8) is 0 Å². The first-order chi connectivity index (χ1) is 29.7. The van der Waals surface area contributed by atoms with E-state index in [1.807, 2.05) is 53.1 Å². The highest BCUT2D eigenvalue weighted by Crippen LogP contribution is 2.51. The fraction of sp³-hybridized carbons (Fsp3) is 0.391. The molecule has 1 N–H and O–H groups in total. The Bertz CT molecular complexity index is 2360. The van der Waals surface area contributed by atoms with Crippen molar-refractivity contribution in [2.45, 2.75) is 51.0 Å². The molecule has 3 aromatic carbocycles. The van der Waals surface area contributed by atoms with Gasteiger partial charge in [0.2, 0.25) is 0 Å². The van der Waals surface area contributed by atoms with E-state index < -0.39 is 28.8 Å². The summed E-state index contributed by atoms with van der Waals surface area (Å²) in [5.41, 5.74) is 0.311. The lowest BCUT2D eigenvalue weighted by molar-refractivity contribution is -0.137. The van der Waals surface area contributed by atoms with E-state index in [1.54, 1.807) is 44.7 Å². The number of halogens is 5. The fourth-order valence-corrected chi connectivity index (χ4v) is 9.18. The molecule has 5 heterocycles. The first-order valence-electron chi connectivity index (χ1n) is 20.5. The van der Waals surface area contributed by atoms with Crippen molar-refractivity contribution in [3.8, 4) is 28.5 Å². The summed E-state index contributed by atoms with van der Waals surface area (Å²) in [6, 6.07) is 16.1. The Morgan fingerprint density at radius 1 is 1.00 bits per heavy atom. The molecule has 1 aromatic heterocycles. The third-order valence-electron chi connectivity index (χ3n) is 11.9. The Morgan fingerprint density at radius 2 is 1.66 bits per heavy atom. The van der Waals surface area contributed by atoms with Gasteiger partial charge in [-0.05, 0) is 93.8 Å². The summed E-state index contributed by atoms with van der Waals surface area (Å²) in [5, 5.41) is 2.83. The first kappa shape index (κ1) is 43.2. The zero-order chi connectivity index (χ0) is 43.9.